The molecule has 1 amide bonds. The maximum Gasteiger partial charge on any atom is 0.395 e. The first kappa shape index (κ1) is 17.4. The van der Waals surface area contributed by atoms with Gasteiger partial charge in [0.25, 0.3) is 5.69 Å². The van der Waals surface area contributed by atoms with Crippen LogP contribution in [0.4, 0.5) is 11.4 Å². The lowest BCUT2D eigenvalue weighted by atomic mass is 10.3. The van der Waals surface area contributed by atoms with E-state index in [1.165, 1.54) is 25.1 Å². The van der Waals surface area contributed by atoms with Crippen LogP contribution in [0.1, 0.15) is 13.8 Å². The molecule has 0 saturated heterocycles. The molecule has 1 aromatic carbocycles. The van der Waals surface area contributed by atoms with Crippen LogP contribution >= 0.6 is 11.6 Å². The second kappa shape index (κ2) is 7.36. The fourth-order valence-electron chi connectivity index (χ4n) is 1.59. The van der Waals surface area contributed by atoms with Gasteiger partial charge < -0.3 is 5.11 Å². The average molecular weight is 329 g/mol. The number of hydrazone groups is 1. The van der Waals surface area contributed by atoms with Gasteiger partial charge in [-0.05, 0) is 26.0 Å². The first-order valence-electron chi connectivity index (χ1n) is 6.07. The van der Waals surface area contributed by atoms with Crippen molar-refractivity contribution < 1.29 is 19.6 Å². The summed E-state index contributed by atoms with van der Waals surface area (Å²) in [6, 6.07) is 3.86. The number of amidine groups is 1. The summed E-state index contributed by atoms with van der Waals surface area (Å²) >= 11 is 5.77. The van der Waals surface area contributed by atoms with Crippen LogP contribution in [0.25, 0.3) is 0 Å². The van der Waals surface area contributed by atoms with E-state index in [0.717, 1.165) is 4.90 Å². The minimum atomic E-state index is -1.62. The maximum absolute atomic E-state index is 11.4. The van der Waals surface area contributed by atoms with E-state index >= 15 is 0 Å². The number of amides is 1. The highest BCUT2D eigenvalue weighted by molar-refractivity contribution is 6.34. The Bertz CT molecular complexity index is 646. The normalized spacial score (nSPS) is 11.0. The highest BCUT2D eigenvalue weighted by Gasteiger charge is 2.22. The molecule has 22 heavy (non-hydrogen) atoms. The first-order chi connectivity index (χ1) is 10.3. The molecule has 118 valence electrons. The van der Waals surface area contributed by atoms with E-state index in [1.54, 1.807) is 6.92 Å². The van der Waals surface area contributed by atoms with Crippen LogP contribution in [0, 0.1) is 10.1 Å². The number of hydrogen-bond donors (Lipinski definition) is 2. The molecule has 0 bridgehead atoms. The molecule has 0 atom stereocenters. The van der Waals surface area contributed by atoms with Gasteiger partial charge in [0.2, 0.25) is 0 Å². The van der Waals surface area contributed by atoms with Crippen molar-refractivity contribution in [2.24, 2.45) is 5.10 Å². The number of hydrogen-bond acceptors (Lipinski definition) is 6. The molecule has 0 aliphatic carbocycles. The monoisotopic (exact) mass is 328 g/mol. The lowest BCUT2D eigenvalue weighted by Crippen LogP contribution is -2.40. The number of aliphatic carboxylic acids is 1. The van der Waals surface area contributed by atoms with Crippen LogP contribution in [0.15, 0.2) is 23.3 Å². The van der Waals surface area contributed by atoms with Crippen molar-refractivity contribution in [2.75, 3.05) is 12.0 Å². The van der Waals surface area contributed by atoms with Gasteiger partial charge in [-0.3, -0.25) is 25.2 Å². The summed E-state index contributed by atoms with van der Waals surface area (Å²) < 4.78 is 0. The summed E-state index contributed by atoms with van der Waals surface area (Å²) in [5.41, 5.74) is 2.19. The Morgan fingerprint density at radius 3 is 2.64 bits per heavy atom. The highest BCUT2D eigenvalue weighted by Crippen LogP contribution is 2.27. The van der Waals surface area contributed by atoms with Gasteiger partial charge in [-0.25, -0.2) is 4.79 Å². The van der Waals surface area contributed by atoms with Gasteiger partial charge >= 0.3 is 11.9 Å². The molecule has 0 saturated carbocycles. The standard InChI is InChI=1S/C12H13ClN4O5/c1-3-16(11(18)12(19)20)7(2)14-15-9-6-8(13)4-5-10(9)17(21)22/h4-6,15H,3H2,1-2H3,(H,19,20). The summed E-state index contributed by atoms with van der Waals surface area (Å²) in [4.78, 5) is 33.3. The summed E-state index contributed by atoms with van der Waals surface area (Å²) in [6.45, 7) is 3.05. The molecule has 0 heterocycles. The van der Waals surface area contributed by atoms with E-state index in [4.69, 9.17) is 16.7 Å². The second-order valence-corrected chi connectivity index (χ2v) is 4.48. The zero-order chi connectivity index (χ0) is 16.9. The third-order valence-electron chi connectivity index (χ3n) is 2.63. The molecule has 1 rings (SSSR count). The van der Waals surface area contributed by atoms with E-state index in [2.05, 4.69) is 10.5 Å². The predicted molar refractivity (Wildman–Crippen MR) is 79.9 cm³/mol. The topological polar surface area (TPSA) is 125 Å². The maximum atomic E-state index is 11.4. The molecule has 9 nitrogen and oxygen atoms in total. The minimum Gasteiger partial charge on any atom is -0.474 e. The Morgan fingerprint density at radius 2 is 2.14 bits per heavy atom. The highest BCUT2D eigenvalue weighted by atomic mass is 35.5. The van der Waals surface area contributed by atoms with Crippen molar-refractivity contribution in [3.63, 3.8) is 0 Å². The predicted octanol–water partition coefficient (Wildman–Crippen LogP) is 1.93. The third-order valence-corrected chi connectivity index (χ3v) is 2.86. The summed E-state index contributed by atoms with van der Waals surface area (Å²) in [7, 11) is 0. The van der Waals surface area contributed by atoms with Gasteiger partial charge in [0.15, 0.2) is 0 Å². The molecule has 10 heteroatoms. The molecule has 0 spiro atoms. The Balaban J connectivity index is 3.04. The van der Waals surface area contributed by atoms with E-state index < -0.39 is 16.8 Å². The van der Waals surface area contributed by atoms with Gasteiger partial charge in [0.1, 0.15) is 11.5 Å². The second-order valence-electron chi connectivity index (χ2n) is 4.04. The van der Waals surface area contributed by atoms with Gasteiger partial charge in [-0.15, -0.1) is 0 Å². The van der Waals surface area contributed by atoms with Crippen LogP contribution in [-0.2, 0) is 9.59 Å². The van der Waals surface area contributed by atoms with Crippen molar-refractivity contribution >= 4 is 40.7 Å². The fraction of sp³-hybridized carbons (Fsp3) is 0.250. The number of nitrogens with zero attached hydrogens (tertiary/aromatic N) is 3. The smallest absolute Gasteiger partial charge is 0.395 e. The van der Waals surface area contributed by atoms with Crippen LogP contribution in [-0.4, -0.2) is 39.2 Å². The van der Waals surface area contributed by atoms with Crippen molar-refractivity contribution in [2.45, 2.75) is 13.8 Å². The molecule has 0 fully saturated rings. The summed E-state index contributed by atoms with van der Waals surface area (Å²) in [5.74, 6) is -2.72. The number of carboxylic acid groups (broad SMARTS) is 1. The number of likely N-dealkylation sites (N-methyl/N-ethyl adjacent to an activating group) is 1. The largest absolute Gasteiger partial charge is 0.474 e. The van der Waals surface area contributed by atoms with Crippen LogP contribution in [0.5, 0.6) is 0 Å². The number of rotatable bonds is 4. The number of carbonyl (C=O) groups excluding carboxylic acids is 1. The van der Waals surface area contributed by atoms with Gasteiger partial charge in [-0.2, -0.15) is 5.10 Å². The molecule has 0 radical (unpaired) electrons. The number of halogens is 1. The number of carboxylic acids is 1. The molecule has 0 aliphatic heterocycles. The van der Waals surface area contributed by atoms with E-state index in [1.807, 2.05) is 0 Å². The number of nitro benzene ring substituents is 1. The van der Waals surface area contributed by atoms with Gasteiger partial charge in [0, 0.05) is 17.6 Å². The van der Waals surface area contributed by atoms with Crippen LogP contribution in [0.3, 0.4) is 0 Å². The molecule has 2 N–H and O–H groups in total. The number of nitrogens with one attached hydrogen (secondary N) is 1. The Morgan fingerprint density at radius 1 is 1.50 bits per heavy atom. The molecule has 1 aromatic rings. The third kappa shape index (κ3) is 4.16. The molecule has 0 aliphatic rings. The average Bonchev–Trinajstić information content (AvgIpc) is 2.45. The lowest BCUT2D eigenvalue weighted by Gasteiger charge is -2.17. The molecular formula is C12H13ClN4O5. The number of benzene rings is 1. The zero-order valence-electron chi connectivity index (χ0n) is 11.7. The Labute approximate surface area is 130 Å². The minimum absolute atomic E-state index is 0.0238. The summed E-state index contributed by atoms with van der Waals surface area (Å²) in [5, 5.41) is 23.7. The van der Waals surface area contributed by atoms with E-state index in [9.17, 15) is 19.7 Å². The van der Waals surface area contributed by atoms with Gasteiger partial charge in [0.05, 0.1) is 4.92 Å². The van der Waals surface area contributed by atoms with E-state index in [0.29, 0.717) is 0 Å². The Kier molecular flexibility index (Phi) is 5.81. The van der Waals surface area contributed by atoms with Crippen LogP contribution < -0.4 is 5.43 Å². The molecular weight excluding hydrogens is 316 g/mol. The SMILES string of the molecule is CCN(C(=O)C(=O)O)C(C)=NNc1cc(Cl)ccc1[N+](=O)[O-]. The van der Waals surface area contributed by atoms with E-state index in [-0.39, 0.29) is 28.8 Å². The van der Waals surface area contributed by atoms with Crippen molar-refractivity contribution in [3.8, 4) is 0 Å². The zero-order valence-corrected chi connectivity index (χ0v) is 12.5. The molecule has 0 aromatic heterocycles. The number of nitro groups is 1. The quantitative estimate of drug-likeness (QED) is 0.286. The molecule has 0 unspecified atom stereocenters. The van der Waals surface area contributed by atoms with Crippen LogP contribution in [0.2, 0.25) is 5.02 Å². The number of anilines is 1. The van der Waals surface area contributed by atoms with Crippen molar-refractivity contribution in [3.05, 3.63) is 33.3 Å². The fourth-order valence-corrected chi connectivity index (χ4v) is 1.77. The van der Waals surface area contributed by atoms with Crippen molar-refractivity contribution in [1.82, 2.24) is 4.90 Å². The van der Waals surface area contributed by atoms with Crippen molar-refractivity contribution in [1.29, 1.82) is 0 Å². The number of carbonyl (C=O) groups is 2. The lowest BCUT2D eigenvalue weighted by molar-refractivity contribution is -0.384. The summed E-state index contributed by atoms with van der Waals surface area (Å²) in [6.07, 6.45) is 0. The Hall–Kier alpha value is -2.68. The van der Waals surface area contributed by atoms with Gasteiger partial charge in [-0.1, -0.05) is 11.6 Å². The first-order valence-corrected chi connectivity index (χ1v) is 6.44.